The van der Waals surface area contributed by atoms with Crippen LogP contribution in [-0.4, -0.2) is 66.2 Å². The topological polar surface area (TPSA) is 149 Å². The number of hydrogen-bond acceptors (Lipinski definition) is 9. The number of carbonyl (C=O) groups is 4. The van der Waals surface area contributed by atoms with Crippen LogP contribution in [-0.2, 0) is 28.7 Å². The number of ether oxygens (including phenoxy) is 2. The first-order valence-corrected chi connectivity index (χ1v) is 12.2. The third-order valence-electron chi connectivity index (χ3n) is 6.08. The Labute approximate surface area is 214 Å². The Balaban J connectivity index is 1.68. The van der Waals surface area contributed by atoms with Crippen LogP contribution in [0.4, 0.5) is 5.69 Å². The lowest BCUT2D eigenvalue weighted by Gasteiger charge is -2.35. The van der Waals surface area contributed by atoms with E-state index in [2.05, 4.69) is 10.8 Å². The number of hydrogen-bond donors (Lipinski definition) is 3. The van der Waals surface area contributed by atoms with Crippen LogP contribution < -0.4 is 16.5 Å². The van der Waals surface area contributed by atoms with Gasteiger partial charge in [-0.15, -0.1) is 5.48 Å². The van der Waals surface area contributed by atoms with E-state index in [1.165, 1.54) is 23.1 Å². The number of benzene rings is 1. The van der Waals surface area contributed by atoms with E-state index in [0.29, 0.717) is 31.7 Å². The fraction of sp³-hybridized carbons (Fsp3) is 0.583. The van der Waals surface area contributed by atoms with Gasteiger partial charge in [0.2, 0.25) is 18.1 Å². The van der Waals surface area contributed by atoms with E-state index < -0.39 is 47.7 Å². The summed E-state index contributed by atoms with van der Waals surface area (Å²) in [7, 11) is 0. The second kappa shape index (κ2) is 11.4. The van der Waals surface area contributed by atoms with Crippen LogP contribution in [0.15, 0.2) is 18.2 Å². The Bertz CT molecular complexity index is 1010. The van der Waals surface area contributed by atoms with Crippen LogP contribution >= 0.6 is 11.6 Å². The maximum absolute atomic E-state index is 13.6. The number of hydroxylamine groups is 1. The predicted molar refractivity (Wildman–Crippen MR) is 130 cm³/mol. The maximum atomic E-state index is 13.6. The summed E-state index contributed by atoms with van der Waals surface area (Å²) in [6.07, 6.45) is 0.217. The van der Waals surface area contributed by atoms with Gasteiger partial charge >= 0.3 is 11.9 Å². The molecule has 2 aliphatic rings. The average molecular weight is 525 g/mol. The molecular formula is C24H33ClN4O7. The van der Waals surface area contributed by atoms with Crippen LogP contribution in [0.25, 0.3) is 0 Å². The Morgan fingerprint density at radius 2 is 2.03 bits per heavy atom. The van der Waals surface area contributed by atoms with Gasteiger partial charge in [0.25, 0.3) is 0 Å². The van der Waals surface area contributed by atoms with Gasteiger partial charge in [-0.3, -0.25) is 14.4 Å². The van der Waals surface area contributed by atoms with E-state index in [0.717, 1.165) is 0 Å². The number of nitrogens with zero attached hydrogens (tertiary/aromatic N) is 1. The summed E-state index contributed by atoms with van der Waals surface area (Å²) >= 11 is 5.98. The van der Waals surface area contributed by atoms with Crippen molar-refractivity contribution in [2.45, 2.75) is 71.4 Å². The standard InChI is InChI=1S/C24H33ClN4O7/c1-5-34-23-16(12-18(30)35-23)27-20(31)17-7-6-10-29(17)21(32)19(24(2,3)4)28-36-22(33)13-8-9-15(26)14(25)11-13/h8-9,11,16-17,19,23,28H,5-7,10,12,26H2,1-4H3,(H,27,31)/t16-,17-,19+,23+/m0/s1. The van der Waals surface area contributed by atoms with Crippen molar-refractivity contribution in [3.8, 4) is 0 Å². The van der Waals surface area contributed by atoms with Gasteiger partial charge in [-0.1, -0.05) is 32.4 Å². The minimum atomic E-state index is -0.938. The molecule has 0 spiro atoms. The SMILES string of the molecule is CCO[C@@H]1OC(=O)C[C@@H]1NC(=O)[C@@H]1CCCN1C(=O)[C@@H](NOC(=O)c1ccc(N)c(Cl)c1)C(C)(C)C. The van der Waals surface area contributed by atoms with E-state index in [9.17, 15) is 19.2 Å². The highest BCUT2D eigenvalue weighted by Gasteiger charge is 2.44. The van der Waals surface area contributed by atoms with Crippen LogP contribution in [0.1, 0.15) is 57.3 Å². The first kappa shape index (κ1) is 27.7. The summed E-state index contributed by atoms with van der Waals surface area (Å²) in [5.41, 5.74) is 8.11. The Hall–Kier alpha value is -2.89. The summed E-state index contributed by atoms with van der Waals surface area (Å²) < 4.78 is 10.5. The second-order valence-corrected chi connectivity index (χ2v) is 10.3. The molecule has 2 saturated heterocycles. The molecule has 2 amide bonds. The van der Waals surface area contributed by atoms with Crippen molar-refractivity contribution in [1.82, 2.24) is 15.7 Å². The summed E-state index contributed by atoms with van der Waals surface area (Å²) in [6, 6.07) is 2.01. The van der Waals surface area contributed by atoms with Crippen LogP contribution in [0.2, 0.25) is 5.02 Å². The highest BCUT2D eigenvalue weighted by atomic mass is 35.5. The van der Waals surface area contributed by atoms with Gasteiger partial charge in [-0.05, 0) is 43.4 Å². The minimum Gasteiger partial charge on any atom is -0.433 e. The number of carbonyl (C=O) groups excluding carboxylic acids is 4. The normalized spacial score (nSPS) is 22.8. The quantitative estimate of drug-likeness (QED) is 0.263. The first-order chi connectivity index (χ1) is 16.9. The number of cyclic esters (lactones) is 1. The minimum absolute atomic E-state index is 0.00561. The molecule has 0 radical (unpaired) electrons. The van der Waals surface area contributed by atoms with Gasteiger partial charge < -0.3 is 30.3 Å². The van der Waals surface area contributed by atoms with Crippen molar-refractivity contribution in [1.29, 1.82) is 0 Å². The van der Waals surface area contributed by atoms with Gasteiger partial charge in [0.15, 0.2) is 0 Å². The van der Waals surface area contributed by atoms with Crippen molar-refractivity contribution in [2.24, 2.45) is 5.41 Å². The van der Waals surface area contributed by atoms with Crippen molar-refractivity contribution in [3.05, 3.63) is 28.8 Å². The number of amides is 2. The van der Waals surface area contributed by atoms with E-state index in [-0.39, 0.29) is 22.9 Å². The molecule has 11 nitrogen and oxygen atoms in total. The van der Waals surface area contributed by atoms with Crippen LogP contribution in [0, 0.1) is 5.41 Å². The largest absolute Gasteiger partial charge is 0.433 e. The third-order valence-corrected chi connectivity index (χ3v) is 6.41. The fourth-order valence-electron chi connectivity index (χ4n) is 4.14. The Morgan fingerprint density at radius 1 is 1.31 bits per heavy atom. The van der Waals surface area contributed by atoms with Gasteiger partial charge in [0, 0.05) is 13.2 Å². The van der Waals surface area contributed by atoms with Gasteiger partial charge in [-0.2, -0.15) is 0 Å². The lowest BCUT2D eigenvalue weighted by atomic mass is 9.86. The van der Waals surface area contributed by atoms with E-state index in [4.69, 9.17) is 31.6 Å². The maximum Gasteiger partial charge on any atom is 0.356 e. The molecule has 2 fully saturated rings. The van der Waals surface area contributed by atoms with Crippen molar-refractivity contribution >= 4 is 41.0 Å². The highest BCUT2D eigenvalue weighted by molar-refractivity contribution is 6.33. The Kier molecular flexibility index (Phi) is 8.80. The molecule has 0 aromatic heterocycles. The van der Waals surface area contributed by atoms with Crippen LogP contribution in [0.3, 0.4) is 0 Å². The van der Waals surface area contributed by atoms with Crippen molar-refractivity contribution < 1.29 is 33.5 Å². The number of nitrogen functional groups attached to an aromatic ring is 1. The summed E-state index contributed by atoms with van der Waals surface area (Å²) in [5, 5.41) is 3.01. The molecule has 0 bridgehead atoms. The molecule has 2 aliphatic heterocycles. The summed E-state index contributed by atoms with van der Waals surface area (Å²) in [5.74, 6) is -1.97. The number of likely N-dealkylation sites (tertiary alicyclic amines) is 1. The highest BCUT2D eigenvalue weighted by Crippen LogP contribution is 2.27. The number of rotatable bonds is 8. The average Bonchev–Trinajstić information content (AvgIpc) is 3.41. The third kappa shape index (κ3) is 6.45. The molecule has 1 aromatic carbocycles. The van der Waals surface area contributed by atoms with Gasteiger partial charge in [-0.25, -0.2) is 4.79 Å². The lowest BCUT2D eigenvalue weighted by molar-refractivity contribution is -0.164. The molecule has 36 heavy (non-hydrogen) atoms. The molecule has 0 unspecified atom stereocenters. The van der Waals surface area contributed by atoms with Gasteiger partial charge in [0.1, 0.15) is 18.1 Å². The van der Waals surface area contributed by atoms with Gasteiger partial charge in [0.05, 0.1) is 22.7 Å². The van der Waals surface area contributed by atoms with E-state index >= 15 is 0 Å². The smallest absolute Gasteiger partial charge is 0.356 e. The number of halogens is 1. The summed E-state index contributed by atoms with van der Waals surface area (Å²) in [6.45, 7) is 7.89. The van der Waals surface area contributed by atoms with Crippen LogP contribution in [0.5, 0.6) is 0 Å². The molecule has 0 saturated carbocycles. The van der Waals surface area contributed by atoms with Crippen molar-refractivity contribution in [3.63, 3.8) is 0 Å². The van der Waals surface area contributed by atoms with E-state index in [1.807, 2.05) is 20.8 Å². The number of esters is 1. The summed E-state index contributed by atoms with van der Waals surface area (Å²) in [4.78, 5) is 57.6. The van der Waals surface area contributed by atoms with Crippen molar-refractivity contribution in [2.75, 3.05) is 18.9 Å². The lowest BCUT2D eigenvalue weighted by Crippen LogP contribution is -2.57. The zero-order valence-corrected chi connectivity index (χ0v) is 21.6. The molecule has 0 aliphatic carbocycles. The molecule has 3 rings (SSSR count). The van der Waals surface area contributed by atoms with E-state index in [1.54, 1.807) is 6.92 Å². The number of anilines is 1. The number of nitrogens with one attached hydrogen (secondary N) is 2. The molecule has 198 valence electrons. The molecule has 4 N–H and O–H groups in total. The zero-order valence-electron chi connectivity index (χ0n) is 20.8. The number of nitrogens with two attached hydrogens (primary N) is 1. The first-order valence-electron chi connectivity index (χ1n) is 11.9. The zero-order chi connectivity index (χ0) is 26.6. The molecule has 2 heterocycles. The molecule has 4 atom stereocenters. The second-order valence-electron chi connectivity index (χ2n) is 9.87. The molecule has 1 aromatic rings. The fourth-order valence-corrected chi connectivity index (χ4v) is 4.32. The molecular weight excluding hydrogens is 492 g/mol. The Morgan fingerprint density at radius 3 is 2.67 bits per heavy atom. The monoisotopic (exact) mass is 524 g/mol. The predicted octanol–water partition coefficient (Wildman–Crippen LogP) is 1.78. The molecule has 12 heteroatoms.